The van der Waals surface area contributed by atoms with E-state index in [0.717, 1.165) is 13.0 Å². The van der Waals surface area contributed by atoms with Gasteiger partial charge in [-0.3, -0.25) is 4.79 Å². The molecule has 2 heterocycles. The van der Waals surface area contributed by atoms with E-state index in [1.54, 1.807) is 17.0 Å². The summed E-state index contributed by atoms with van der Waals surface area (Å²) in [4.78, 5) is 18.6. The third-order valence-electron chi connectivity index (χ3n) is 3.31. The first kappa shape index (κ1) is 16.0. The van der Waals surface area contributed by atoms with E-state index in [4.69, 9.17) is 16.3 Å². The van der Waals surface area contributed by atoms with Crippen LogP contribution in [0, 0.1) is 0 Å². The second kappa shape index (κ2) is 6.62. The van der Waals surface area contributed by atoms with Crippen molar-refractivity contribution >= 4 is 23.3 Å². The van der Waals surface area contributed by atoms with Crippen LogP contribution in [0.25, 0.3) is 0 Å². The van der Waals surface area contributed by atoms with Gasteiger partial charge < -0.3 is 15.0 Å². The van der Waals surface area contributed by atoms with Gasteiger partial charge in [-0.15, -0.1) is 0 Å². The molecule has 2 rings (SSSR count). The Morgan fingerprint density at radius 3 is 2.95 bits per heavy atom. The fourth-order valence-corrected chi connectivity index (χ4v) is 2.54. The molecule has 1 amide bonds. The standard InChI is InChI=1S/C15H22ClN3O2/c1-4-5-17-13-9-11(8-12(16)18-13)14(20)19-6-7-21-15(2,3)10-19/h8-9H,4-7,10H2,1-3H3,(H,17,18). The molecule has 5 nitrogen and oxygen atoms in total. The Morgan fingerprint density at radius 1 is 1.52 bits per heavy atom. The number of nitrogens with zero attached hydrogens (tertiary/aromatic N) is 2. The third-order valence-corrected chi connectivity index (χ3v) is 3.50. The minimum atomic E-state index is -0.311. The lowest BCUT2D eigenvalue weighted by molar-refractivity contribution is -0.0764. The highest BCUT2D eigenvalue weighted by molar-refractivity contribution is 6.29. The zero-order valence-corrected chi connectivity index (χ0v) is 13.5. The number of anilines is 1. The fraction of sp³-hybridized carbons (Fsp3) is 0.600. The molecule has 1 N–H and O–H groups in total. The molecule has 0 bridgehead atoms. The summed E-state index contributed by atoms with van der Waals surface area (Å²) in [5.41, 5.74) is 0.250. The van der Waals surface area contributed by atoms with Gasteiger partial charge in [0.25, 0.3) is 5.91 Å². The van der Waals surface area contributed by atoms with Gasteiger partial charge in [0, 0.05) is 25.2 Å². The van der Waals surface area contributed by atoms with E-state index in [1.807, 2.05) is 13.8 Å². The predicted octanol–water partition coefficient (Wildman–Crippen LogP) is 2.81. The number of amides is 1. The minimum absolute atomic E-state index is 0.0322. The van der Waals surface area contributed by atoms with Crippen LogP contribution in [-0.2, 0) is 4.74 Å². The number of pyridine rings is 1. The SMILES string of the molecule is CCCNc1cc(C(=O)N2CCOC(C)(C)C2)cc(Cl)n1. The molecular weight excluding hydrogens is 290 g/mol. The number of carbonyl (C=O) groups is 1. The summed E-state index contributed by atoms with van der Waals surface area (Å²) in [6.07, 6.45) is 0.981. The molecule has 1 aliphatic rings. The monoisotopic (exact) mass is 311 g/mol. The number of ether oxygens (including phenoxy) is 1. The molecule has 1 fully saturated rings. The Balaban J connectivity index is 2.16. The van der Waals surface area contributed by atoms with Crippen LogP contribution in [0.4, 0.5) is 5.82 Å². The van der Waals surface area contributed by atoms with Crippen LogP contribution in [0.3, 0.4) is 0 Å². The first-order valence-corrected chi connectivity index (χ1v) is 7.64. The molecule has 0 radical (unpaired) electrons. The summed E-state index contributed by atoms with van der Waals surface area (Å²) in [7, 11) is 0. The van der Waals surface area contributed by atoms with E-state index in [-0.39, 0.29) is 11.5 Å². The molecule has 6 heteroatoms. The smallest absolute Gasteiger partial charge is 0.254 e. The van der Waals surface area contributed by atoms with Gasteiger partial charge in [0.05, 0.1) is 12.2 Å². The van der Waals surface area contributed by atoms with Crippen molar-refractivity contribution in [3.8, 4) is 0 Å². The van der Waals surface area contributed by atoms with Gasteiger partial charge in [-0.25, -0.2) is 4.98 Å². The van der Waals surface area contributed by atoms with Crippen LogP contribution in [0.2, 0.25) is 5.15 Å². The first-order chi connectivity index (χ1) is 9.91. The predicted molar refractivity (Wildman–Crippen MR) is 84.0 cm³/mol. The highest BCUT2D eigenvalue weighted by atomic mass is 35.5. The Kier molecular flexibility index (Phi) is 5.06. The Hall–Kier alpha value is -1.33. The number of hydrogen-bond donors (Lipinski definition) is 1. The fourth-order valence-electron chi connectivity index (χ4n) is 2.34. The summed E-state index contributed by atoms with van der Waals surface area (Å²) in [5.74, 6) is 0.607. The average Bonchev–Trinajstić information content (AvgIpc) is 2.42. The van der Waals surface area contributed by atoms with Gasteiger partial charge >= 0.3 is 0 Å². The van der Waals surface area contributed by atoms with Crippen LogP contribution in [-0.4, -0.2) is 47.6 Å². The molecular formula is C15H22ClN3O2. The van der Waals surface area contributed by atoms with Crippen LogP contribution in [0.15, 0.2) is 12.1 Å². The van der Waals surface area contributed by atoms with Crippen LogP contribution < -0.4 is 5.32 Å². The van der Waals surface area contributed by atoms with Crippen molar-refractivity contribution in [1.82, 2.24) is 9.88 Å². The molecule has 1 saturated heterocycles. The molecule has 0 aliphatic carbocycles. The maximum Gasteiger partial charge on any atom is 0.254 e. The van der Waals surface area contributed by atoms with E-state index in [2.05, 4.69) is 17.2 Å². The van der Waals surface area contributed by atoms with E-state index in [0.29, 0.717) is 36.2 Å². The Labute approximate surface area is 130 Å². The summed E-state index contributed by atoms with van der Waals surface area (Å²) < 4.78 is 5.64. The normalized spacial score (nSPS) is 17.6. The van der Waals surface area contributed by atoms with Gasteiger partial charge in [-0.2, -0.15) is 0 Å². The second-order valence-electron chi connectivity index (χ2n) is 5.83. The highest BCUT2D eigenvalue weighted by Crippen LogP contribution is 2.21. The van der Waals surface area contributed by atoms with Gasteiger partial charge in [0.1, 0.15) is 11.0 Å². The molecule has 21 heavy (non-hydrogen) atoms. The van der Waals surface area contributed by atoms with Crippen molar-refractivity contribution in [3.63, 3.8) is 0 Å². The van der Waals surface area contributed by atoms with E-state index < -0.39 is 0 Å². The molecule has 1 aromatic heterocycles. The van der Waals surface area contributed by atoms with Gasteiger partial charge in [0.2, 0.25) is 0 Å². The number of carbonyl (C=O) groups excluding carboxylic acids is 1. The molecule has 0 atom stereocenters. The van der Waals surface area contributed by atoms with Crippen molar-refractivity contribution in [1.29, 1.82) is 0 Å². The van der Waals surface area contributed by atoms with E-state index in [9.17, 15) is 4.79 Å². The van der Waals surface area contributed by atoms with E-state index >= 15 is 0 Å². The maximum atomic E-state index is 12.6. The van der Waals surface area contributed by atoms with Gasteiger partial charge in [0.15, 0.2) is 0 Å². The van der Waals surface area contributed by atoms with Crippen LogP contribution in [0.1, 0.15) is 37.6 Å². The molecule has 0 spiro atoms. The average molecular weight is 312 g/mol. The number of morpholine rings is 1. The molecule has 0 aromatic carbocycles. The molecule has 116 valence electrons. The quantitative estimate of drug-likeness (QED) is 0.869. The highest BCUT2D eigenvalue weighted by Gasteiger charge is 2.30. The van der Waals surface area contributed by atoms with Gasteiger partial charge in [-0.05, 0) is 32.4 Å². The van der Waals surface area contributed by atoms with Crippen molar-refractivity contribution < 1.29 is 9.53 Å². The Morgan fingerprint density at radius 2 is 2.29 bits per heavy atom. The molecule has 1 aromatic rings. The van der Waals surface area contributed by atoms with Crippen molar-refractivity contribution in [3.05, 3.63) is 22.8 Å². The van der Waals surface area contributed by atoms with Crippen LogP contribution in [0.5, 0.6) is 0 Å². The van der Waals surface area contributed by atoms with Gasteiger partial charge in [-0.1, -0.05) is 18.5 Å². The summed E-state index contributed by atoms with van der Waals surface area (Å²) >= 11 is 6.02. The number of rotatable bonds is 4. The summed E-state index contributed by atoms with van der Waals surface area (Å²) in [6, 6.07) is 3.37. The summed E-state index contributed by atoms with van der Waals surface area (Å²) in [6.45, 7) is 8.56. The van der Waals surface area contributed by atoms with Crippen molar-refractivity contribution in [2.75, 3.05) is 31.6 Å². The molecule has 0 saturated carbocycles. The summed E-state index contributed by atoms with van der Waals surface area (Å²) in [5, 5.41) is 3.48. The van der Waals surface area contributed by atoms with Crippen LogP contribution >= 0.6 is 11.6 Å². The largest absolute Gasteiger partial charge is 0.372 e. The first-order valence-electron chi connectivity index (χ1n) is 7.26. The topological polar surface area (TPSA) is 54.5 Å². The van der Waals surface area contributed by atoms with Crippen molar-refractivity contribution in [2.24, 2.45) is 0 Å². The lowest BCUT2D eigenvalue weighted by Gasteiger charge is -2.38. The Bertz CT molecular complexity index is 520. The zero-order chi connectivity index (χ0) is 15.5. The number of nitrogens with one attached hydrogen (secondary N) is 1. The lowest BCUT2D eigenvalue weighted by Crippen LogP contribution is -2.50. The second-order valence-corrected chi connectivity index (χ2v) is 6.21. The third kappa shape index (κ3) is 4.32. The molecule has 1 aliphatic heterocycles. The minimum Gasteiger partial charge on any atom is -0.372 e. The van der Waals surface area contributed by atoms with E-state index in [1.165, 1.54) is 0 Å². The van der Waals surface area contributed by atoms with Crippen molar-refractivity contribution in [2.45, 2.75) is 32.8 Å². The number of halogens is 1. The maximum absolute atomic E-state index is 12.6. The number of hydrogen-bond acceptors (Lipinski definition) is 4. The number of aromatic nitrogens is 1. The molecule has 0 unspecified atom stereocenters. The lowest BCUT2D eigenvalue weighted by atomic mass is 10.1. The zero-order valence-electron chi connectivity index (χ0n) is 12.8.